The molecule has 100 valence electrons. The lowest BCUT2D eigenvalue weighted by atomic mass is 10.2. The summed E-state index contributed by atoms with van der Waals surface area (Å²) < 4.78 is 5.73. The SMILES string of the molecule is CCCN1CCOC(c2ncc(C)c(CO)n2)C1. The Kier molecular flexibility index (Phi) is 4.63. The minimum Gasteiger partial charge on any atom is -0.390 e. The normalized spacial score (nSPS) is 21.2. The van der Waals surface area contributed by atoms with Gasteiger partial charge in [-0.1, -0.05) is 6.92 Å². The van der Waals surface area contributed by atoms with Crippen LogP contribution >= 0.6 is 0 Å². The van der Waals surface area contributed by atoms with E-state index in [1.165, 1.54) is 0 Å². The van der Waals surface area contributed by atoms with Gasteiger partial charge in [-0.05, 0) is 25.5 Å². The van der Waals surface area contributed by atoms with Gasteiger partial charge in [-0.2, -0.15) is 0 Å². The van der Waals surface area contributed by atoms with Crippen LogP contribution in [0.3, 0.4) is 0 Å². The first-order valence-electron chi connectivity index (χ1n) is 6.51. The Morgan fingerprint density at radius 2 is 2.39 bits per heavy atom. The molecule has 0 aromatic carbocycles. The largest absolute Gasteiger partial charge is 0.390 e. The summed E-state index contributed by atoms with van der Waals surface area (Å²) in [6, 6.07) is 0. The summed E-state index contributed by atoms with van der Waals surface area (Å²) in [5, 5.41) is 9.24. The maximum Gasteiger partial charge on any atom is 0.158 e. The molecule has 1 unspecified atom stereocenters. The fourth-order valence-electron chi connectivity index (χ4n) is 2.19. The molecule has 2 heterocycles. The first kappa shape index (κ1) is 13.4. The lowest BCUT2D eigenvalue weighted by molar-refractivity contribution is -0.0344. The van der Waals surface area contributed by atoms with Crippen molar-refractivity contribution in [3.8, 4) is 0 Å². The van der Waals surface area contributed by atoms with E-state index in [9.17, 15) is 5.11 Å². The van der Waals surface area contributed by atoms with Crippen molar-refractivity contribution in [1.29, 1.82) is 0 Å². The molecule has 0 radical (unpaired) electrons. The molecule has 0 bridgehead atoms. The van der Waals surface area contributed by atoms with Crippen molar-refractivity contribution in [3.05, 3.63) is 23.3 Å². The van der Waals surface area contributed by atoms with Gasteiger partial charge in [-0.25, -0.2) is 9.97 Å². The first-order chi connectivity index (χ1) is 8.74. The number of aliphatic hydroxyl groups is 1. The fourth-order valence-corrected chi connectivity index (χ4v) is 2.19. The number of rotatable bonds is 4. The molecule has 1 aliphatic heterocycles. The molecule has 1 N–H and O–H groups in total. The number of nitrogens with zero attached hydrogens (tertiary/aromatic N) is 3. The van der Waals surface area contributed by atoms with Crippen LogP contribution in [-0.4, -0.2) is 46.2 Å². The van der Waals surface area contributed by atoms with Crippen LogP contribution in [0.5, 0.6) is 0 Å². The van der Waals surface area contributed by atoms with E-state index >= 15 is 0 Å². The second-order valence-corrected chi connectivity index (χ2v) is 4.68. The first-order valence-corrected chi connectivity index (χ1v) is 6.51. The van der Waals surface area contributed by atoms with Gasteiger partial charge in [0.2, 0.25) is 0 Å². The van der Waals surface area contributed by atoms with Gasteiger partial charge in [0.15, 0.2) is 5.82 Å². The molecule has 1 atom stereocenters. The predicted molar refractivity (Wildman–Crippen MR) is 68.1 cm³/mol. The van der Waals surface area contributed by atoms with Crippen molar-refractivity contribution in [2.45, 2.75) is 33.0 Å². The van der Waals surface area contributed by atoms with Crippen LogP contribution in [0.2, 0.25) is 0 Å². The van der Waals surface area contributed by atoms with E-state index < -0.39 is 0 Å². The second-order valence-electron chi connectivity index (χ2n) is 4.68. The van der Waals surface area contributed by atoms with E-state index in [1.54, 1.807) is 6.20 Å². The van der Waals surface area contributed by atoms with Crippen LogP contribution in [0.4, 0.5) is 0 Å². The van der Waals surface area contributed by atoms with Gasteiger partial charge in [-0.15, -0.1) is 0 Å². The molecule has 1 fully saturated rings. The summed E-state index contributed by atoms with van der Waals surface area (Å²) in [7, 11) is 0. The molecule has 5 nitrogen and oxygen atoms in total. The van der Waals surface area contributed by atoms with Crippen LogP contribution < -0.4 is 0 Å². The Morgan fingerprint density at radius 3 is 3.11 bits per heavy atom. The third kappa shape index (κ3) is 3.04. The Morgan fingerprint density at radius 1 is 1.56 bits per heavy atom. The molecule has 0 aliphatic carbocycles. The summed E-state index contributed by atoms with van der Waals surface area (Å²) in [5.41, 5.74) is 1.61. The fraction of sp³-hybridized carbons (Fsp3) is 0.692. The quantitative estimate of drug-likeness (QED) is 0.867. The lowest BCUT2D eigenvalue weighted by Gasteiger charge is -2.31. The van der Waals surface area contributed by atoms with E-state index in [1.807, 2.05) is 6.92 Å². The van der Waals surface area contributed by atoms with Crippen LogP contribution in [-0.2, 0) is 11.3 Å². The second kappa shape index (κ2) is 6.22. The smallest absolute Gasteiger partial charge is 0.158 e. The summed E-state index contributed by atoms with van der Waals surface area (Å²) in [6.07, 6.45) is 2.83. The van der Waals surface area contributed by atoms with E-state index in [0.29, 0.717) is 11.5 Å². The number of ether oxygens (including phenoxy) is 1. The molecular formula is C13H21N3O2. The van der Waals surface area contributed by atoms with Crippen LogP contribution in [0, 0.1) is 6.92 Å². The minimum atomic E-state index is -0.0730. The Hall–Kier alpha value is -1.04. The van der Waals surface area contributed by atoms with Crippen LogP contribution in [0.25, 0.3) is 0 Å². The molecule has 0 saturated carbocycles. The van der Waals surface area contributed by atoms with Gasteiger partial charge in [0, 0.05) is 19.3 Å². The molecule has 18 heavy (non-hydrogen) atoms. The van der Waals surface area contributed by atoms with Crippen LogP contribution in [0.15, 0.2) is 6.20 Å². The Labute approximate surface area is 108 Å². The average molecular weight is 251 g/mol. The van der Waals surface area contributed by atoms with Gasteiger partial charge in [-0.3, -0.25) is 4.90 Å². The number of aromatic nitrogens is 2. The standard InChI is InChI=1S/C13H21N3O2/c1-3-4-16-5-6-18-12(8-16)13-14-7-10(2)11(9-17)15-13/h7,12,17H,3-6,8-9H2,1-2H3. The molecule has 1 aromatic rings. The molecule has 5 heteroatoms. The molecule has 0 spiro atoms. The Bertz CT molecular complexity index is 396. The summed E-state index contributed by atoms with van der Waals surface area (Å²) in [6.45, 7) is 7.64. The monoisotopic (exact) mass is 251 g/mol. The maximum atomic E-state index is 9.24. The van der Waals surface area contributed by atoms with E-state index in [2.05, 4.69) is 21.8 Å². The average Bonchev–Trinajstić information content (AvgIpc) is 2.40. The van der Waals surface area contributed by atoms with Gasteiger partial charge in [0.25, 0.3) is 0 Å². The molecule has 1 aliphatic rings. The van der Waals surface area contributed by atoms with Gasteiger partial charge < -0.3 is 9.84 Å². The van der Waals surface area contributed by atoms with Gasteiger partial charge >= 0.3 is 0 Å². The predicted octanol–water partition coefficient (Wildman–Crippen LogP) is 1.06. The van der Waals surface area contributed by atoms with E-state index in [0.717, 1.165) is 38.2 Å². The third-order valence-electron chi connectivity index (χ3n) is 3.22. The van der Waals surface area contributed by atoms with E-state index in [4.69, 9.17) is 4.74 Å². The lowest BCUT2D eigenvalue weighted by Crippen LogP contribution is -2.39. The zero-order valence-electron chi connectivity index (χ0n) is 11.1. The summed E-state index contributed by atoms with van der Waals surface area (Å²) in [5.74, 6) is 0.686. The molecule has 0 amide bonds. The number of aryl methyl sites for hydroxylation is 1. The summed E-state index contributed by atoms with van der Waals surface area (Å²) in [4.78, 5) is 11.1. The molecular weight excluding hydrogens is 230 g/mol. The maximum absolute atomic E-state index is 9.24. The van der Waals surface area contributed by atoms with Crippen molar-refractivity contribution in [3.63, 3.8) is 0 Å². The van der Waals surface area contributed by atoms with Crippen molar-refractivity contribution in [1.82, 2.24) is 14.9 Å². The van der Waals surface area contributed by atoms with Crippen molar-refractivity contribution in [2.75, 3.05) is 26.2 Å². The van der Waals surface area contributed by atoms with Crippen molar-refractivity contribution >= 4 is 0 Å². The highest BCUT2D eigenvalue weighted by Crippen LogP contribution is 2.20. The topological polar surface area (TPSA) is 58.5 Å². The number of morpholine rings is 1. The number of hydrogen-bond acceptors (Lipinski definition) is 5. The third-order valence-corrected chi connectivity index (χ3v) is 3.22. The molecule has 2 rings (SSSR count). The highest BCUT2D eigenvalue weighted by Gasteiger charge is 2.24. The number of aliphatic hydroxyl groups excluding tert-OH is 1. The zero-order chi connectivity index (χ0) is 13.0. The van der Waals surface area contributed by atoms with E-state index in [-0.39, 0.29) is 12.7 Å². The van der Waals surface area contributed by atoms with Crippen LogP contribution in [0.1, 0.15) is 36.5 Å². The zero-order valence-corrected chi connectivity index (χ0v) is 11.1. The van der Waals surface area contributed by atoms with Crippen molar-refractivity contribution in [2.24, 2.45) is 0 Å². The Balaban J connectivity index is 2.10. The van der Waals surface area contributed by atoms with Gasteiger partial charge in [0.05, 0.1) is 18.9 Å². The highest BCUT2D eigenvalue weighted by molar-refractivity contribution is 5.15. The summed E-state index contributed by atoms with van der Waals surface area (Å²) >= 11 is 0. The van der Waals surface area contributed by atoms with Crippen molar-refractivity contribution < 1.29 is 9.84 Å². The number of hydrogen-bond donors (Lipinski definition) is 1. The highest BCUT2D eigenvalue weighted by atomic mass is 16.5. The van der Waals surface area contributed by atoms with Gasteiger partial charge in [0.1, 0.15) is 6.10 Å². The molecule has 1 saturated heterocycles. The molecule has 1 aromatic heterocycles. The minimum absolute atomic E-state index is 0.0489.